The molecule has 6 nitrogen and oxygen atoms in total. The number of carbonyl (C=O) groups is 2. The Morgan fingerprint density at radius 2 is 2.15 bits per heavy atom. The average Bonchev–Trinajstić information content (AvgIpc) is 2.35. The highest BCUT2D eigenvalue weighted by Crippen LogP contribution is 2.34. The first-order valence-corrected chi connectivity index (χ1v) is 5.11. The summed E-state index contributed by atoms with van der Waals surface area (Å²) in [5, 5.41) is 10.4. The third-order valence-corrected chi connectivity index (χ3v) is 1.99. The molecule has 1 rings (SSSR count). The van der Waals surface area contributed by atoms with Gasteiger partial charge in [-0.1, -0.05) is 12.7 Å². The number of ether oxygens (including phenoxy) is 1. The largest absolute Gasteiger partial charge is 0.478 e. The van der Waals surface area contributed by atoms with E-state index in [1.54, 1.807) is 5.32 Å². The van der Waals surface area contributed by atoms with Gasteiger partial charge in [-0.15, -0.1) is 0 Å². The van der Waals surface area contributed by atoms with Crippen molar-refractivity contribution in [2.24, 2.45) is 0 Å². The number of pyridine rings is 1. The van der Waals surface area contributed by atoms with Crippen LogP contribution in [0.1, 0.15) is 15.9 Å². The number of carbonyl (C=O) groups excluding carboxylic acids is 1. The number of rotatable bonds is 4. The molecule has 2 N–H and O–H groups in total. The number of hydrogen-bond donors (Lipinski definition) is 2. The van der Waals surface area contributed by atoms with E-state index in [2.05, 4.69) is 16.3 Å². The van der Waals surface area contributed by atoms with Gasteiger partial charge in [0.05, 0.1) is 11.1 Å². The lowest BCUT2D eigenvalue weighted by molar-refractivity contribution is -0.137. The van der Waals surface area contributed by atoms with Crippen LogP contribution in [-0.2, 0) is 10.9 Å². The van der Waals surface area contributed by atoms with Gasteiger partial charge < -0.3 is 9.84 Å². The molecular formula is C11H9F3N2O4. The molecule has 0 atom stereocenters. The molecule has 1 amide bonds. The van der Waals surface area contributed by atoms with Gasteiger partial charge in [-0.25, -0.2) is 14.6 Å². The number of hydrogen-bond acceptors (Lipinski definition) is 4. The van der Waals surface area contributed by atoms with Gasteiger partial charge in [0.15, 0.2) is 0 Å². The predicted octanol–water partition coefficient (Wildman–Crippen LogP) is 2.53. The van der Waals surface area contributed by atoms with Crippen molar-refractivity contribution in [3.63, 3.8) is 0 Å². The summed E-state index contributed by atoms with van der Waals surface area (Å²) >= 11 is 0. The van der Waals surface area contributed by atoms with Gasteiger partial charge in [0, 0.05) is 6.20 Å². The van der Waals surface area contributed by atoms with Crippen LogP contribution in [0.25, 0.3) is 0 Å². The van der Waals surface area contributed by atoms with Gasteiger partial charge in [0.2, 0.25) is 0 Å². The lowest BCUT2D eigenvalue weighted by Crippen LogP contribution is -2.19. The first-order chi connectivity index (χ1) is 9.25. The smallest absolute Gasteiger partial charge is 0.419 e. The summed E-state index contributed by atoms with van der Waals surface area (Å²) in [5.74, 6) is -2.40. The number of alkyl halides is 3. The monoisotopic (exact) mass is 290 g/mol. The van der Waals surface area contributed by atoms with E-state index in [1.807, 2.05) is 0 Å². The van der Waals surface area contributed by atoms with Crippen molar-refractivity contribution in [1.82, 2.24) is 4.98 Å². The number of aromatic carboxylic acids is 1. The van der Waals surface area contributed by atoms with Crippen LogP contribution in [0.5, 0.6) is 0 Å². The van der Waals surface area contributed by atoms with Crippen molar-refractivity contribution in [3.8, 4) is 0 Å². The summed E-state index contributed by atoms with van der Waals surface area (Å²) in [4.78, 5) is 25.1. The van der Waals surface area contributed by atoms with Gasteiger partial charge in [-0.05, 0) is 6.07 Å². The highest BCUT2D eigenvalue weighted by atomic mass is 19.4. The molecule has 0 unspecified atom stereocenters. The molecule has 0 aliphatic carbocycles. The number of nitrogens with one attached hydrogen (secondary N) is 1. The highest BCUT2D eigenvalue weighted by Gasteiger charge is 2.36. The van der Waals surface area contributed by atoms with E-state index >= 15 is 0 Å². The zero-order chi connectivity index (χ0) is 15.3. The molecule has 0 aromatic carbocycles. The van der Waals surface area contributed by atoms with Gasteiger partial charge >= 0.3 is 18.2 Å². The minimum atomic E-state index is -4.88. The Morgan fingerprint density at radius 3 is 2.65 bits per heavy atom. The molecular weight excluding hydrogens is 281 g/mol. The molecule has 108 valence electrons. The van der Waals surface area contributed by atoms with Crippen molar-refractivity contribution in [2.75, 3.05) is 11.9 Å². The Kier molecular flexibility index (Phi) is 4.68. The van der Waals surface area contributed by atoms with Gasteiger partial charge in [-0.3, -0.25) is 5.32 Å². The predicted molar refractivity (Wildman–Crippen MR) is 61.4 cm³/mol. The molecule has 0 bridgehead atoms. The zero-order valence-electron chi connectivity index (χ0n) is 9.90. The topological polar surface area (TPSA) is 88.5 Å². The van der Waals surface area contributed by atoms with Crippen LogP contribution in [0.2, 0.25) is 0 Å². The minimum Gasteiger partial charge on any atom is -0.478 e. The van der Waals surface area contributed by atoms with Crippen molar-refractivity contribution in [3.05, 3.63) is 36.0 Å². The van der Waals surface area contributed by atoms with Crippen LogP contribution >= 0.6 is 0 Å². The fourth-order valence-electron chi connectivity index (χ4n) is 1.16. The highest BCUT2D eigenvalue weighted by molar-refractivity contribution is 5.89. The van der Waals surface area contributed by atoms with Crippen molar-refractivity contribution >= 4 is 17.9 Å². The third kappa shape index (κ3) is 3.97. The van der Waals surface area contributed by atoms with Gasteiger partial charge in [0.1, 0.15) is 12.4 Å². The number of carboxylic acid groups (broad SMARTS) is 1. The second kappa shape index (κ2) is 6.04. The quantitative estimate of drug-likeness (QED) is 0.832. The number of anilines is 1. The normalized spacial score (nSPS) is 10.8. The molecule has 0 radical (unpaired) electrons. The Morgan fingerprint density at radius 1 is 1.50 bits per heavy atom. The number of nitrogens with zero attached hydrogens (tertiary/aromatic N) is 1. The molecule has 0 aliphatic heterocycles. The van der Waals surface area contributed by atoms with E-state index in [0.717, 1.165) is 0 Å². The Labute approximate surface area is 110 Å². The second-order valence-electron chi connectivity index (χ2n) is 3.44. The van der Waals surface area contributed by atoms with Crippen LogP contribution in [0.15, 0.2) is 24.9 Å². The summed E-state index contributed by atoms with van der Waals surface area (Å²) < 4.78 is 42.7. The summed E-state index contributed by atoms with van der Waals surface area (Å²) in [6.07, 6.45) is -4.11. The summed E-state index contributed by atoms with van der Waals surface area (Å²) in [7, 11) is 0. The van der Waals surface area contributed by atoms with Crippen LogP contribution in [-0.4, -0.2) is 28.8 Å². The molecule has 0 saturated heterocycles. The fourth-order valence-corrected chi connectivity index (χ4v) is 1.16. The summed E-state index contributed by atoms with van der Waals surface area (Å²) in [6.45, 7) is 3.07. The number of carboxylic acids is 1. The molecule has 9 heteroatoms. The third-order valence-electron chi connectivity index (χ3n) is 1.99. The van der Waals surface area contributed by atoms with E-state index in [0.29, 0.717) is 12.3 Å². The molecule has 0 spiro atoms. The maximum Gasteiger partial charge on any atom is 0.419 e. The number of amides is 1. The zero-order valence-corrected chi connectivity index (χ0v) is 9.90. The van der Waals surface area contributed by atoms with Crippen LogP contribution in [0.4, 0.5) is 23.8 Å². The van der Waals surface area contributed by atoms with Crippen LogP contribution in [0.3, 0.4) is 0 Å². The second-order valence-corrected chi connectivity index (χ2v) is 3.44. The average molecular weight is 290 g/mol. The molecule has 20 heavy (non-hydrogen) atoms. The maximum absolute atomic E-state index is 12.8. The lowest BCUT2D eigenvalue weighted by Gasteiger charge is -2.13. The van der Waals surface area contributed by atoms with Gasteiger partial charge in [0.25, 0.3) is 0 Å². The molecule has 0 fully saturated rings. The Hall–Kier alpha value is -2.58. The molecule has 0 aliphatic rings. The van der Waals surface area contributed by atoms with Gasteiger partial charge in [-0.2, -0.15) is 13.2 Å². The molecule has 0 saturated carbocycles. The Balaban J connectivity index is 3.09. The molecule has 1 heterocycles. The lowest BCUT2D eigenvalue weighted by atomic mass is 10.2. The first-order valence-electron chi connectivity index (χ1n) is 5.11. The minimum absolute atomic E-state index is 0.194. The standard InChI is InChI=1S/C11H9F3N2O4/c1-2-3-20-10(19)16-8-7(11(12,13)14)4-6(5-15-8)9(17)18/h2,4-5H,1,3H2,(H,17,18)(H,15,16,19). The number of halogens is 3. The first kappa shape index (κ1) is 15.5. The summed E-state index contributed by atoms with van der Waals surface area (Å²) in [5.41, 5.74) is -2.03. The van der Waals surface area contributed by atoms with Crippen LogP contribution < -0.4 is 5.32 Å². The summed E-state index contributed by atoms with van der Waals surface area (Å²) in [6, 6.07) is 0.373. The fraction of sp³-hybridized carbons (Fsp3) is 0.182. The number of aromatic nitrogens is 1. The van der Waals surface area contributed by atoms with Crippen molar-refractivity contribution in [1.29, 1.82) is 0 Å². The van der Waals surface area contributed by atoms with E-state index in [9.17, 15) is 22.8 Å². The molecule has 1 aromatic heterocycles. The van der Waals surface area contributed by atoms with Crippen molar-refractivity contribution in [2.45, 2.75) is 6.18 Å². The molecule has 1 aromatic rings. The maximum atomic E-state index is 12.8. The Bertz CT molecular complexity index is 543. The van der Waals surface area contributed by atoms with Crippen molar-refractivity contribution < 1.29 is 32.6 Å². The van der Waals surface area contributed by atoms with Crippen LogP contribution in [0, 0.1) is 0 Å². The van der Waals surface area contributed by atoms with E-state index in [4.69, 9.17) is 5.11 Å². The van der Waals surface area contributed by atoms with E-state index in [1.165, 1.54) is 6.08 Å². The SMILES string of the molecule is C=CCOC(=O)Nc1ncc(C(=O)O)cc1C(F)(F)F. The van der Waals surface area contributed by atoms with E-state index < -0.39 is 35.2 Å². The van der Waals surface area contributed by atoms with E-state index in [-0.39, 0.29) is 6.61 Å².